The molecule has 1 atom stereocenters. The van der Waals surface area contributed by atoms with Gasteiger partial charge in [0.05, 0.1) is 8.07 Å². The van der Waals surface area contributed by atoms with E-state index < -0.39 is 8.07 Å². The standard InChI is InChI=1S/C11H24Si/c1-9-8-12(9,10(2,3)4)11(5,6)7/h9H,8H2,1-7H3. The van der Waals surface area contributed by atoms with Gasteiger partial charge in [-0.2, -0.15) is 0 Å². The number of hydrogen-bond acceptors (Lipinski definition) is 0. The van der Waals surface area contributed by atoms with Crippen molar-refractivity contribution in [3.05, 3.63) is 0 Å². The molecule has 1 rings (SSSR count). The molecule has 1 heteroatoms. The zero-order chi connectivity index (χ0) is 9.78. The van der Waals surface area contributed by atoms with E-state index in [0.29, 0.717) is 10.1 Å². The summed E-state index contributed by atoms with van der Waals surface area (Å²) in [7, 11) is -0.960. The summed E-state index contributed by atoms with van der Waals surface area (Å²) in [5.74, 6) is 0. The van der Waals surface area contributed by atoms with E-state index in [1.54, 1.807) is 6.04 Å². The Bertz CT molecular complexity index is 166. The van der Waals surface area contributed by atoms with Crippen molar-refractivity contribution in [2.24, 2.45) is 0 Å². The highest BCUT2D eigenvalue weighted by Crippen LogP contribution is 2.71. The van der Waals surface area contributed by atoms with Crippen LogP contribution in [0.15, 0.2) is 0 Å². The molecule has 0 amide bonds. The highest BCUT2D eigenvalue weighted by Gasteiger charge is 2.66. The Labute approximate surface area is 78.8 Å². The van der Waals surface area contributed by atoms with Crippen LogP contribution in [-0.2, 0) is 0 Å². The van der Waals surface area contributed by atoms with E-state index in [0.717, 1.165) is 5.54 Å². The number of rotatable bonds is 0. The molecule has 0 aliphatic carbocycles. The van der Waals surface area contributed by atoms with Crippen LogP contribution in [0.2, 0.25) is 21.7 Å². The average molecular weight is 184 g/mol. The Morgan fingerprint density at radius 3 is 1.17 bits per heavy atom. The molecule has 1 aliphatic rings. The van der Waals surface area contributed by atoms with Crippen LogP contribution in [0.3, 0.4) is 0 Å². The highest BCUT2D eigenvalue weighted by molar-refractivity contribution is 6.95. The minimum atomic E-state index is -0.960. The van der Waals surface area contributed by atoms with Crippen LogP contribution < -0.4 is 0 Å². The highest BCUT2D eigenvalue weighted by atomic mass is 28.3. The molecule has 0 spiro atoms. The van der Waals surface area contributed by atoms with Crippen molar-refractivity contribution >= 4 is 8.07 Å². The molecule has 1 fully saturated rings. The number of hydrogen-bond donors (Lipinski definition) is 0. The summed E-state index contributed by atoms with van der Waals surface area (Å²) < 4.78 is 0. The van der Waals surface area contributed by atoms with Crippen LogP contribution in [0.4, 0.5) is 0 Å². The molecule has 0 aromatic rings. The lowest BCUT2D eigenvalue weighted by Gasteiger charge is -2.41. The normalized spacial score (nSPS) is 28.8. The van der Waals surface area contributed by atoms with Gasteiger partial charge >= 0.3 is 0 Å². The average Bonchev–Trinajstić information content (AvgIpc) is 2.36. The Morgan fingerprint density at radius 1 is 0.917 bits per heavy atom. The molecule has 1 aliphatic heterocycles. The summed E-state index contributed by atoms with van der Waals surface area (Å²) >= 11 is 0. The molecule has 72 valence electrons. The maximum Gasteiger partial charge on any atom is 0.0669 e. The molecule has 0 aromatic carbocycles. The Balaban J connectivity index is 2.96. The van der Waals surface area contributed by atoms with Crippen LogP contribution in [-0.4, -0.2) is 8.07 Å². The van der Waals surface area contributed by atoms with Crippen molar-refractivity contribution in [2.45, 2.75) is 70.1 Å². The van der Waals surface area contributed by atoms with Gasteiger partial charge in [0.2, 0.25) is 0 Å². The van der Waals surface area contributed by atoms with Gasteiger partial charge in [-0.15, -0.1) is 0 Å². The molecule has 0 N–H and O–H groups in total. The minimum Gasteiger partial charge on any atom is -0.0651 e. The first-order valence-corrected chi connectivity index (χ1v) is 7.41. The van der Waals surface area contributed by atoms with E-state index in [-0.39, 0.29) is 0 Å². The van der Waals surface area contributed by atoms with Crippen LogP contribution in [0.1, 0.15) is 48.5 Å². The smallest absolute Gasteiger partial charge is 0.0651 e. The maximum absolute atomic E-state index is 2.46. The fourth-order valence-electron chi connectivity index (χ4n) is 3.64. The zero-order valence-electron chi connectivity index (χ0n) is 9.78. The molecule has 0 radical (unpaired) electrons. The molecular weight excluding hydrogens is 160 g/mol. The lowest BCUT2D eigenvalue weighted by atomic mass is 10.2. The van der Waals surface area contributed by atoms with Crippen molar-refractivity contribution in [2.75, 3.05) is 0 Å². The van der Waals surface area contributed by atoms with Crippen molar-refractivity contribution in [3.8, 4) is 0 Å². The third kappa shape index (κ3) is 1.17. The van der Waals surface area contributed by atoms with Crippen LogP contribution in [0.5, 0.6) is 0 Å². The van der Waals surface area contributed by atoms with Gasteiger partial charge in [-0.3, -0.25) is 0 Å². The Morgan fingerprint density at radius 2 is 1.17 bits per heavy atom. The van der Waals surface area contributed by atoms with E-state index in [2.05, 4.69) is 48.5 Å². The van der Waals surface area contributed by atoms with E-state index in [4.69, 9.17) is 0 Å². The Hall–Kier alpha value is 0.217. The molecule has 12 heavy (non-hydrogen) atoms. The predicted octanol–water partition coefficient (Wildman–Crippen LogP) is 4.44. The van der Waals surface area contributed by atoms with Gasteiger partial charge in [0.15, 0.2) is 0 Å². The fraction of sp³-hybridized carbons (Fsp3) is 1.00. The second kappa shape index (κ2) is 2.37. The topological polar surface area (TPSA) is 0 Å². The summed E-state index contributed by atoms with van der Waals surface area (Å²) in [6, 6.07) is 1.56. The summed E-state index contributed by atoms with van der Waals surface area (Å²) in [5.41, 5.74) is 1.05. The molecule has 0 nitrogen and oxygen atoms in total. The summed E-state index contributed by atoms with van der Waals surface area (Å²) in [6.45, 7) is 17.2. The van der Waals surface area contributed by atoms with Gasteiger partial charge in [0.25, 0.3) is 0 Å². The van der Waals surface area contributed by atoms with Crippen molar-refractivity contribution in [3.63, 3.8) is 0 Å². The van der Waals surface area contributed by atoms with E-state index in [1.807, 2.05) is 0 Å². The molecule has 1 saturated heterocycles. The summed E-state index contributed by atoms with van der Waals surface area (Å²) in [6.07, 6.45) is 0. The third-order valence-corrected chi connectivity index (χ3v) is 12.0. The largest absolute Gasteiger partial charge is 0.0669 e. The van der Waals surface area contributed by atoms with Gasteiger partial charge in [-0.25, -0.2) is 0 Å². The predicted molar refractivity (Wildman–Crippen MR) is 59.4 cm³/mol. The van der Waals surface area contributed by atoms with Crippen molar-refractivity contribution in [1.82, 2.24) is 0 Å². The summed E-state index contributed by atoms with van der Waals surface area (Å²) in [5, 5.41) is 1.20. The molecule has 0 saturated carbocycles. The van der Waals surface area contributed by atoms with Gasteiger partial charge < -0.3 is 0 Å². The van der Waals surface area contributed by atoms with Crippen LogP contribution in [0.25, 0.3) is 0 Å². The molecule has 1 unspecified atom stereocenters. The fourth-order valence-corrected chi connectivity index (χ4v) is 11.5. The van der Waals surface area contributed by atoms with E-state index in [1.165, 1.54) is 0 Å². The molecular formula is C11H24Si. The van der Waals surface area contributed by atoms with Gasteiger partial charge in [-0.05, 0) is 15.6 Å². The van der Waals surface area contributed by atoms with E-state index >= 15 is 0 Å². The third-order valence-electron chi connectivity index (χ3n) is 3.99. The van der Waals surface area contributed by atoms with Gasteiger partial charge in [0.1, 0.15) is 0 Å². The van der Waals surface area contributed by atoms with E-state index in [9.17, 15) is 0 Å². The molecule has 0 bridgehead atoms. The molecule has 1 heterocycles. The van der Waals surface area contributed by atoms with Crippen molar-refractivity contribution in [1.29, 1.82) is 0 Å². The van der Waals surface area contributed by atoms with Gasteiger partial charge in [0, 0.05) is 0 Å². The summed E-state index contributed by atoms with van der Waals surface area (Å²) in [4.78, 5) is 0. The van der Waals surface area contributed by atoms with Crippen molar-refractivity contribution < 1.29 is 0 Å². The zero-order valence-corrected chi connectivity index (χ0v) is 10.8. The van der Waals surface area contributed by atoms with Crippen LogP contribution in [0, 0.1) is 0 Å². The second-order valence-corrected chi connectivity index (χ2v) is 12.9. The SMILES string of the molecule is CC1C[Si]1(C(C)(C)C)C(C)(C)C. The minimum absolute atomic E-state index is 0.602. The quantitative estimate of drug-likeness (QED) is 0.488. The lowest BCUT2D eigenvalue weighted by Crippen LogP contribution is -2.38. The van der Waals surface area contributed by atoms with Crippen LogP contribution >= 0.6 is 0 Å². The van der Waals surface area contributed by atoms with Gasteiger partial charge in [-0.1, -0.05) is 54.5 Å². The first-order chi connectivity index (χ1) is 5.13. The second-order valence-electron chi connectivity index (χ2n) is 6.58. The lowest BCUT2D eigenvalue weighted by molar-refractivity contribution is 0.634. The first-order valence-electron chi connectivity index (χ1n) is 5.13. The maximum atomic E-state index is 2.46. The molecule has 0 aromatic heterocycles. The first kappa shape index (κ1) is 10.3. The monoisotopic (exact) mass is 184 g/mol. The Kier molecular flexibility index (Phi) is 2.04.